The highest BCUT2D eigenvalue weighted by atomic mass is 16.5. The molecule has 2 saturated heterocycles. The molecule has 2 aliphatic heterocycles. The van der Waals surface area contributed by atoms with Gasteiger partial charge in [-0.3, -0.25) is 14.6 Å². The second-order valence-corrected chi connectivity index (χ2v) is 6.54. The summed E-state index contributed by atoms with van der Waals surface area (Å²) in [6.07, 6.45) is 8.08. The average Bonchev–Trinajstić information content (AvgIpc) is 3.31. The molecule has 3 fully saturated rings. The van der Waals surface area contributed by atoms with Gasteiger partial charge in [-0.15, -0.1) is 0 Å². The van der Waals surface area contributed by atoms with Crippen LogP contribution in [0.4, 0.5) is 5.82 Å². The van der Waals surface area contributed by atoms with Gasteiger partial charge in [-0.2, -0.15) is 0 Å². The van der Waals surface area contributed by atoms with Crippen LogP contribution >= 0.6 is 0 Å². The van der Waals surface area contributed by atoms with Crippen LogP contribution in [-0.4, -0.2) is 52.0 Å². The van der Waals surface area contributed by atoms with Gasteiger partial charge in [0.25, 0.3) is 0 Å². The van der Waals surface area contributed by atoms with Gasteiger partial charge in [0.1, 0.15) is 0 Å². The maximum atomic E-state index is 12.5. The molecule has 1 saturated carbocycles. The van der Waals surface area contributed by atoms with Crippen molar-refractivity contribution in [2.45, 2.75) is 37.8 Å². The molecule has 1 aliphatic carbocycles. The molecule has 7 heteroatoms. The van der Waals surface area contributed by atoms with Crippen LogP contribution in [-0.2, 0) is 14.3 Å². The molecule has 1 aromatic heterocycles. The zero-order valence-corrected chi connectivity index (χ0v) is 12.9. The maximum absolute atomic E-state index is 12.5. The van der Waals surface area contributed by atoms with Crippen LogP contribution in [0.25, 0.3) is 0 Å². The van der Waals surface area contributed by atoms with Gasteiger partial charge in [0.2, 0.25) is 11.8 Å². The fraction of sp³-hybridized carbons (Fsp3) is 0.625. The van der Waals surface area contributed by atoms with E-state index in [2.05, 4.69) is 15.3 Å². The first-order valence-electron chi connectivity index (χ1n) is 8.21. The molecule has 122 valence electrons. The van der Waals surface area contributed by atoms with Gasteiger partial charge in [0.05, 0.1) is 24.3 Å². The lowest BCUT2D eigenvalue weighted by Crippen LogP contribution is -2.54. The minimum atomic E-state index is -0.265. The number of anilines is 1. The van der Waals surface area contributed by atoms with E-state index in [0.717, 1.165) is 19.3 Å². The number of nitrogens with one attached hydrogen (secondary N) is 1. The molecule has 4 rings (SSSR count). The van der Waals surface area contributed by atoms with Gasteiger partial charge < -0.3 is 15.0 Å². The molecule has 3 atom stereocenters. The lowest BCUT2D eigenvalue weighted by atomic mass is 9.89. The van der Waals surface area contributed by atoms with E-state index in [9.17, 15) is 9.59 Å². The van der Waals surface area contributed by atoms with Crippen LogP contribution in [0.2, 0.25) is 0 Å². The third-order valence-corrected chi connectivity index (χ3v) is 4.90. The summed E-state index contributed by atoms with van der Waals surface area (Å²) in [5.74, 6) is 0.416. The van der Waals surface area contributed by atoms with Crippen LogP contribution in [0.1, 0.15) is 25.7 Å². The van der Waals surface area contributed by atoms with Gasteiger partial charge in [-0.05, 0) is 25.7 Å². The molecule has 3 heterocycles. The molecule has 0 aromatic carbocycles. The second-order valence-electron chi connectivity index (χ2n) is 6.54. The zero-order chi connectivity index (χ0) is 15.8. The molecule has 3 aliphatic rings. The Bertz CT molecular complexity index is 605. The third kappa shape index (κ3) is 2.93. The summed E-state index contributed by atoms with van der Waals surface area (Å²) < 4.78 is 5.77. The number of hydrogen-bond donors (Lipinski definition) is 1. The van der Waals surface area contributed by atoms with E-state index in [1.807, 2.05) is 4.90 Å². The lowest BCUT2D eigenvalue weighted by molar-refractivity contribution is -0.142. The number of rotatable bonds is 3. The predicted octanol–water partition coefficient (Wildman–Crippen LogP) is 0.831. The minimum Gasteiger partial charge on any atom is -0.376 e. The molecule has 0 bridgehead atoms. The summed E-state index contributed by atoms with van der Waals surface area (Å²) in [6.45, 7) is 1.15. The van der Waals surface area contributed by atoms with Crippen molar-refractivity contribution in [2.75, 3.05) is 18.5 Å². The first-order valence-corrected chi connectivity index (χ1v) is 8.21. The first-order chi connectivity index (χ1) is 11.2. The normalized spacial score (nSPS) is 29.9. The van der Waals surface area contributed by atoms with Gasteiger partial charge in [-0.1, -0.05) is 0 Å². The summed E-state index contributed by atoms with van der Waals surface area (Å²) in [5, 5.41) is 2.79. The Morgan fingerprint density at radius 1 is 1.22 bits per heavy atom. The molecular formula is C16H20N4O3. The summed E-state index contributed by atoms with van der Waals surface area (Å²) >= 11 is 0. The van der Waals surface area contributed by atoms with Gasteiger partial charge >= 0.3 is 0 Å². The summed E-state index contributed by atoms with van der Waals surface area (Å²) in [7, 11) is 0. The van der Waals surface area contributed by atoms with Crippen LogP contribution < -0.4 is 5.32 Å². The van der Waals surface area contributed by atoms with Crippen LogP contribution in [0.5, 0.6) is 0 Å². The number of piperidine rings is 1. The summed E-state index contributed by atoms with van der Waals surface area (Å²) in [5.41, 5.74) is 0. The van der Waals surface area contributed by atoms with Gasteiger partial charge in [0, 0.05) is 31.5 Å². The number of hydrogen-bond acceptors (Lipinski definition) is 5. The Morgan fingerprint density at radius 3 is 2.83 bits per heavy atom. The van der Waals surface area contributed by atoms with E-state index in [4.69, 9.17) is 4.74 Å². The molecule has 0 spiro atoms. The Morgan fingerprint density at radius 2 is 2.09 bits per heavy atom. The molecule has 0 radical (unpaired) electrons. The van der Waals surface area contributed by atoms with Crippen LogP contribution in [0.15, 0.2) is 18.6 Å². The largest absolute Gasteiger partial charge is 0.376 e. The second kappa shape index (κ2) is 5.88. The molecule has 1 aromatic rings. The SMILES string of the molecule is O=C(Nc1cnccn1)[C@@H]1C[C@H]2OCC[C@H]2N(C(=O)C2CC2)C1. The van der Waals surface area contributed by atoms with E-state index in [1.54, 1.807) is 6.20 Å². The fourth-order valence-electron chi connectivity index (χ4n) is 3.55. The Balaban J connectivity index is 1.48. The van der Waals surface area contributed by atoms with E-state index in [0.29, 0.717) is 25.4 Å². The van der Waals surface area contributed by atoms with Gasteiger partial charge in [0.15, 0.2) is 5.82 Å². The van der Waals surface area contributed by atoms with Crippen LogP contribution in [0.3, 0.4) is 0 Å². The van der Waals surface area contributed by atoms with Crippen molar-refractivity contribution in [3.8, 4) is 0 Å². The van der Waals surface area contributed by atoms with Crippen molar-refractivity contribution >= 4 is 17.6 Å². The van der Waals surface area contributed by atoms with Gasteiger partial charge in [-0.25, -0.2) is 4.98 Å². The summed E-state index contributed by atoms with van der Waals surface area (Å²) in [4.78, 5) is 35.0. The number of likely N-dealkylation sites (tertiary alicyclic amines) is 1. The standard InChI is InChI=1S/C16H20N4O3/c21-15(19-14-8-17-4-5-18-14)11-7-13-12(3-6-23-13)20(9-11)16(22)10-1-2-10/h4-5,8,10-13H,1-3,6-7,9H2,(H,18,19,21)/t11-,12-,13-/m1/s1. The molecule has 7 nitrogen and oxygen atoms in total. The zero-order valence-electron chi connectivity index (χ0n) is 12.9. The van der Waals surface area contributed by atoms with Crippen molar-refractivity contribution in [1.82, 2.24) is 14.9 Å². The smallest absolute Gasteiger partial charge is 0.230 e. The maximum Gasteiger partial charge on any atom is 0.230 e. The molecule has 23 heavy (non-hydrogen) atoms. The van der Waals surface area contributed by atoms with Crippen molar-refractivity contribution in [3.05, 3.63) is 18.6 Å². The van der Waals surface area contributed by atoms with E-state index in [-0.39, 0.29) is 35.8 Å². The number of carbonyl (C=O) groups is 2. The highest BCUT2D eigenvalue weighted by Crippen LogP contribution is 2.37. The van der Waals surface area contributed by atoms with Crippen molar-refractivity contribution in [2.24, 2.45) is 11.8 Å². The highest BCUT2D eigenvalue weighted by molar-refractivity contribution is 5.92. The number of amides is 2. The number of fused-ring (bicyclic) bond motifs is 1. The van der Waals surface area contributed by atoms with Crippen LogP contribution in [0, 0.1) is 11.8 Å². The van der Waals surface area contributed by atoms with Crippen molar-refractivity contribution in [1.29, 1.82) is 0 Å². The average molecular weight is 316 g/mol. The number of aromatic nitrogens is 2. The summed E-state index contributed by atoms with van der Waals surface area (Å²) in [6, 6.07) is 0.142. The predicted molar refractivity (Wildman–Crippen MR) is 81.4 cm³/mol. The molecule has 2 amide bonds. The molecule has 1 N–H and O–H groups in total. The lowest BCUT2D eigenvalue weighted by Gasteiger charge is -2.40. The minimum absolute atomic E-state index is 0.0240. The van der Waals surface area contributed by atoms with E-state index in [1.165, 1.54) is 12.4 Å². The number of nitrogens with zero attached hydrogens (tertiary/aromatic N) is 3. The third-order valence-electron chi connectivity index (χ3n) is 4.90. The van der Waals surface area contributed by atoms with Crippen molar-refractivity contribution in [3.63, 3.8) is 0 Å². The first kappa shape index (κ1) is 14.6. The number of carbonyl (C=O) groups excluding carboxylic acids is 2. The Kier molecular flexibility index (Phi) is 3.72. The Labute approximate surface area is 134 Å². The molecular weight excluding hydrogens is 296 g/mol. The fourth-order valence-corrected chi connectivity index (χ4v) is 3.55. The number of ether oxygens (including phenoxy) is 1. The quantitative estimate of drug-likeness (QED) is 0.893. The van der Waals surface area contributed by atoms with E-state index >= 15 is 0 Å². The monoisotopic (exact) mass is 316 g/mol. The Hall–Kier alpha value is -2.02. The van der Waals surface area contributed by atoms with Crippen molar-refractivity contribution < 1.29 is 14.3 Å². The highest BCUT2D eigenvalue weighted by Gasteiger charge is 2.47. The topological polar surface area (TPSA) is 84.4 Å². The molecule has 0 unspecified atom stereocenters. The van der Waals surface area contributed by atoms with E-state index < -0.39 is 0 Å².